The van der Waals surface area contributed by atoms with Crippen molar-refractivity contribution in [1.29, 1.82) is 0 Å². The van der Waals surface area contributed by atoms with E-state index in [1.807, 2.05) is 19.9 Å². The van der Waals surface area contributed by atoms with Crippen LogP contribution in [0.3, 0.4) is 0 Å². The summed E-state index contributed by atoms with van der Waals surface area (Å²) in [6.45, 7) is 4.04. The number of nitrogens with one attached hydrogen (secondary N) is 1. The van der Waals surface area contributed by atoms with Gasteiger partial charge in [0.15, 0.2) is 0 Å². The van der Waals surface area contributed by atoms with Gasteiger partial charge >= 0.3 is 0 Å². The van der Waals surface area contributed by atoms with Crippen molar-refractivity contribution < 1.29 is 4.79 Å². The van der Waals surface area contributed by atoms with Crippen LogP contribution in [-0.4, -0.2) is 11.1 Å². The predicted octanol–water partition coefficient (Wildman–Crippen LogP) is 2.75. The van der Waals surface area contributed by atoms with Crippen molar-refractivity contribution in [2.75, 3.05) is 0 Å². The Morgan fingerprint density at radius 2 is 2.14 bits per heavy atom. The molecule has 2 aromatic rings. The molecule has 1 heterocycles. The molecule has 0 aliphatic carbocycles. The van der Waals surface area contributed by atoms with Gasteiger partial charge in [-0.05, 0) is 31.0 Å². The average Bonchev–Trinajstić information content (AvgIpc) is 2.49. The second-order valence-corrected chi connectivity index (χ2v) is 3.38. The van der Waals surface area contributed by atoms with Crippen molar-refractivity contribution in [2.24, 2.45) is 4.99 Å². The molecule has 1 aromatic carbocycles. The maximum absolute atomic E-state index is 10.2. The third kappa shape index (κ3) is 1.24. The lowest BCUT2D eigenvalue weighted by molar-refractivity contribution is 0.565. The molecule has 0 unspecified atom stereocenters. The Hall–Kier alpha value is -1.86. The van der Waals surface area contributed by atoms with Gasteiger partial charge in [-0.3, -0.25) is 0 Å². The molecule has 0 saturated heterocycles. The number of hydrogen-bond donors (Lipinski definition) is 1. The zero-order valence-corrected chi connectivity index (χ0v) is 8.09. The van der Waals surface area contributed by atoms with Crippen molar-refractivity contribution in [2.45, 2.75) is 13.8 Å². The smallest absolute Gasteiger partial charge is 0.240 e. The number of aromatic amines is 1. The van der Waals surface area contributed by atoms with Crippen molar-refractivity contribution in [3.05, 3.63) is 29.5 Å². The van der Waals surface area contributed by atoms with Crippen LogP contribution < -0.4 is 0 Å². The van der Waals surface area contributed by atoms with E-state index in [0.717, 1.165) is 16.5 Å². The molecule has 0 aliphatic heterocycles. The molecule has 1 aromatic heterocycles. The number of fused-ring (bicyclic) bond motifs is 1. The van der Waals surface area contributed by atoms with Gasteiger partial charge in [-0.15, -0.1) is 0 Å². The third-order valence-corrected chi connectivity index (χ3v) is 2.27. The van der Waals surface area contributed by atoms with Crippen LogP contribution in [0.4, 0.5) is 5.69 Å². The van der Waals surface area contributed by atoms with Gasteiger partial charge in [-0.1, -0.05) is 6.07 Å². The molecule has 14 heavy (non-hydrogen) atoms. The van der Waals surface area contributed by atoms with Gasteiger partial charge in [-0.25, -0.2) is 4.79 Å². The first-order valence-electron chi connectivity index (χ1n) is 4.38. The SMILES string of the molecule is Cc1cc(C)c2c(N=C=O)c[nH]c2c1. The lowest BCUT2D eigenvalue weighted by Gasteiger charge is -1.99. The predicted molar refractivity (Wildman–Crippen MR) is 55.6 cm³/mol. The molecule has 3 nitrogen and oxygen atoms in total. The number of nitrogens with zero attached hydrogens (tertiary/aromatic N) is 1. The van der Waals surface area contributed by atoms with Crippen LogP contribution in [0.15, 0.2) is 23.3 Å². The van der Waals surface area contributed by atoms with Crippen LogP contribution in [-0.2, 0) is 4.79 Å². The van der Waals surface area contributed by atoms with Gasteiger partial charge in [0.05, 0.1) is 0 Å². The van der Waals surface area contributed by atoms with Gasteiger partial charge in [0.2, 0.25) is 6.08 Å². The van der Waals surface area contributed by atoms with Crippen LogP contribution in [0.2, 0.25) is 0 Å². The summed E-state index contributed by atoms with van der Waals surface area (Å²) in [6.07, 6.45) is 3.28. The van der Waals surface area contributed by atoms with Gasteiger partial charge in [0, 0.05) is 17.1 Å². The van der Waals surface area contributed by atoms with E-state index in [9.17, 15) is 4.79 Å². The fraction of sp³-hybridized carbons (Fsp3) is 0.182. The molecule has 0 spiro atoms. The lowest BCUT2D eigenvalue weighted by atomic mass is 10.1. The summed E-state index contributed by atoms with van der Waals surface area (Å²) in [4.78, 5) is 16.9. The van der Waals surface area contributed by atoms with E-state index in [0.29, 0.717) is 5.69 Å². The minimum atomic E-state index is 0.660. The highest BCUT2D eigenvalue weighted by molar-refractivity contribution is 5.94. The van der Waals surface area contributed by atoms with Crippen LogP contribution in [0.5, 0.6) is 0 Å². The van der Waals surface area contributed by atoms with Gasteiger partial charge in [0.25, 0.3) is 0 Å². The maximum Gasteiger partial charge on any atom is 0.240 e. The largest absolute Gasteiger partial charge is 0.359 e. The first-order chi connectivity index (χ1) is 6.72. The fourth-order valence-corrected chi connectivity index (χ4v) is 1.78. The highest BCUT2D eigenvalue weighted by atomic mass is 16.1. The molecule has 1 N–H and O–H groups in total. The highest BCUT2D eigenvalue weighted by Gasteiger charge is 2.05. The molecule has 0 radical (unpaired) electrons. The monoisotopic (exact) mass is 186 g/mol. The number of aliphatic imine (C=N–C) groups is 1. The minimum absolute atomic E-state index is 0.660. The number of isocyanates is 1. The van der Waals surface area contributed by atoms with Crippen LogP contribution in [0.1, 0.15) is 11.1 Å². The van der Waals surface area contributed by atoms with Crippen molar-refractivity contribution in [3.8, 4) is 0 Å². The summed E-state index contributed by atoms with van der Waals surface area (Å²) >= 11 is 0. The molecule has 3 heteroatoms. The normalized spacial score (nSPS) is 10.1. The summed E-state index contributed by atoms with van der Waals surface area (Å²) in [5.74, 6) is 0. The number of hydrogen-bond acceptors (Lipinski definition) is 2. The van der Waals surface area contributed by atoms with Crippen molar-refractivity contribution in [3.63, 3.8) is 0 Å². The summed E-state index contributed by atoms with van der Waals surface area (Å²) in [7, 11) is 0. The highest BCUT2D eigenvalue weighted by Crippen LogP contribution is 2.29. The van der Waals surface area contributed by atoms with Crippen molar-refractivity contribution in [1.82, 2.24) is 4.98 Å². The molecule has 0 bridgehead atoms. The fourth-order valence-electron chi connectivity index (χ4n) is 1.78. The lowest BCUT2D eigenvalue weighted by Crippen LogP contribution is -1.78. The van der Waals surface area contributed by atoms with E-state index in [-0.39, 0.29) is 0 Å². The number of aryl methyl sites for hydroxylation is 2. The van der Waals surface area contributed by atoms with E-state index < -0.39 is 0 Å². The number of rotatable bonds is 1. The Kier molecular flexibility index (Phi) is 1.95. The molecule has 0 saturated carbocycles. The molecule has 2 rings (SSSR count). The molecular formula is C11H10N2O. The van der Waals surface area contributed by atoms with E-state index in [2.05, 4.69) is 16.0 Å². The Labute approximate surface area is 81.5 Å². The quantitative estimate of drug-likeness (QED) is 0.540. The molecule has 0 amide bonds. The summed E-state index contributed by atoms with van der Waals surface area (Å²) < 4.78 is 0. The zero-order valence-electron chi connectivity index (χ0n) is 8.09. The Morgan fingerprint density at radius 1 is 1.36 bits per heavy atom. The second kappa shape index (κ2) is 3.13. The first kappa shape index (κ1) is 8.73. The second-order valence-electron chi connectivity index (χ2n) is 3.38. The molecule has 70 valence electrons. The summed E-state index contributed by atoms with van der Waals surface area (Å²) in [5.41, 5.74) is 3.98. The number of benzene rings is 1. The zero-order chi connectivity index (χ0) is 10.1. The number of aromatic nitrogens is 1. The van der Waals surface area contributed by atoms with Gasteiger partial charge < -0.3 is 4.98 Å². The van der Waals surface area contributed by atoms with Gasteiger partial charge in [0.1, 0.15) is 5.69 Å². The van der Waals surface area contributed by atoms with Crippen molar-refractivity contribution >= 4 is 22.7 Å². The topological polar surface area (TPSA) is 45.2 Å². The van der Waals surface area contributed by atoms with Crippen LogP contribution >= 0.6 is 0 Å². The molecule has 0 aliphatic rings. The summed E-state index contributed by atoms with van der Waals surface area (Å²) in [5, 5.41) is 0.999. The maximum atomic E-state index is 10.2. The van der Waals surface area contributed by atoms with Crippen LogP contribution in [0.25, 0.3) is 10.9 Å². The molecular weight excluding hydrogens is 176 g/mol. The number of carbonyl (C=O) groups excluding carboxylic acids is 1. The van der Waals surface area contributed by atoms with E-state index in [1.54, 1.807) is 12.3 Å². The van der Waals surface area contributed by atoms with E-state index in [1.165, 1.54) is 5.56 Å². The standard InChI is InChI=1S/C11H10N2O/c1-7-3-8(2)11-9(4-7)12-5-10(11)13-6-14/h3-5,12H,1-2H3. The summed E-state index contributed by atoms with van der Waals surface area (Å²) in [6, 6.07) is 4.10. The van der Waals surface area contributed by atoms with Crippen LogP contribution in [0, 0.1) is 13.8 Å². The molecule has 0 fully saturated rings. The first-order valence-corrected chi connectivity index (χ1v) is 4.38. The Balaban J connectivity index is 2.85. The average molecular weight is 186 g/mol. The minimum Gasteiger partial charge on any atom is -0.359 e. The number of H-pyrrole nitrogens is 1. The van der Waals surface area contributed by atoms with E-state index in [4.69, 9.17) is 0 Å². The van der Waals surface area contributed by atoms with Gasteiger partial charge in [-0.2, -0.15) is 4.99 Å². The Bertz CT molecular complexity index is 533. The van der Waals surface area contributed by atoms with E-state index >= 15 is 0 Å². The molecule has 0 atom stereocenters. The Morgan fingerprint density at radius 3 is 2.86 bits per heavy atom. The third-order valence-electron chi connectivity index (χ3n) is 2.27.